The van der Waals surface area contributed by atoms with Crippen LogP contribution in [0.5, 0.6) is 5.75 Å². The molecular weight excluding hydrogens is 364 g/mol. The van der Waals surface area contributed by atoms with E-state index in [1.54, 1.807) is 0 Å². The number of hydrogen-bond acceptors (Lipinski definition) is 5. The first-order valence-electron chi connectivity index (χ1n) is 8.14. The highest BCUT2D eigenvalue weighted by Crippen LogP contribution is 2.41. The van der Waals surface area contributed by atoms with Gasteiger partial charge in [-0.05, 0) is 35.9 Å². The summed E-state index contributed by atoms with van der Waals surface area (Å²) in [5, 5.41) is 31.0. The third-order valence-electron chi connectivity index (χ3n) is 4.43. The van der Waals surface area contributed by atoms with E-state index < -0.39 is 11.9 Å². The van der Waals surface area contributed by atoms with E-state index in [2.05, 4.69) is 0 Å². The van der Waals surface area contributed by atoms with Gasteiger partial charge in [-0.3, -0.25) is 4.79 Å². The van der Waals surface area contributed by atoms with Crippen molar-refractivity contribution in [2.24, 2.45) is 0 Å². The quantitative estimate of drug-likeness (QED) is 0.527. The Bertz CT molecular complexity index is 1300. The molecule has 2 aliphatic rings. The van der Waals surface area contributed by atoms with Crippen LogP contribution in [-0.4, -0.2) is 22.2 Å². The van der Waals surface area contributed by atoms with E-state index in [0.717, 1.165) is 6.07 Å². The van der Waals surface area contributed by atoms with Crippen LogP contribution in [0.2, 0.25) is 0 Å². The van der Waals surface area contributed by atoms with Crippen LogP contribution in [0, 0.1) is 0 Å². The minimum absolute atomic E-state index is 0.168. The van der Waals surface area contributed by atoms with Gasteiger partial charge in [0.05, 0.1) is 11.1 Å². The zero-order valence-electron chi connectivity index (χ0n) is 14.1. The molecule has 2 aromatic rings. The maximum Gasteiger partial charge on any atom is 0.336 e. The van der Waals surface area contributed by atoms with E-state index in [1.807, 2.05) is 0 Å². The van der Waals surface area contributed by atoms with Crippen LogP contribution in [0.4, 0.5) is 0 Å². The van der Waals surface area contributed by atoms with Crippen molar-refractivity contribution in [3.05, 3.63) is 75.9 Å². The van der Waals surface area contributed by atoms with E-state index in [4.69, 9.17) is 4.42 Å². The third-order valence-corrected chi connectivity index (χ3v) is 4.43. The van der Waals surface area contributed by atoms with Crippen LogP contribution in [0.3, 0.4) is 0 Å². The van der Waals surface area contributed by atoms with Crippen molar-refractivity contribution in [2.45, 2.75) is 0 Å². The zero-order valence-corrected chi connectivity index (χ0v) is 14.1. The third kappa shape index (κ3) is 2.75. The highest BCUT2D eigenvalue weighted by atomic mass is 16.4. The molecule has 0 bridgehead atoms. The smallest absolute Gasteiger partial charge is 0.336 e. The molecule has 0 amide bonds. The molecule has 0 atom stereocenters. The molecule has 0 aromatic heterocycles. The Morgan fingerprint density at radius 3 is 2.32 bits per heavy atom. The van der Waals surface area contributed by atoms with Gasteiger partial charge in [0.1, 0.15) is 11.3 Å². The molecule has 2 N–H and O–H groups in total. The van der Waals surface area contributed by atoms with Crippen molar-refractivity contribution in [2.75, 3.05) is 0 Å². The molecule has 1 aliphatic heterocycles. The maximum atomic E-state index is 11.8. The Balaban J connectivity index is 2.17. The summed E-state index contributed by atoms with van der Waals surface area (Å²) in [6.07, 6.45) is 0. The number of rotatable bonds is 3. The van der Waals surface area contributed by atoms with Crippen LogP contribution < -0.4 is 10.5 Å². The average Bonchev–Trinajstić information content (AvgIpc) is 2.65. The first-order chi connectivity index (χ1) is 13.3. The normalized spacial score (nSPS) is 11.0. The molecule has 138 valence electrons. The molecule has 1 heterocycles. The Morgan fingerprint density at radius 1 is 0.857 bits per heavy atom. The van der Waals surface area contributed by atoms with Gasteiger partial charge in [-0.15, -0.1) is 5.75 Å². The van der Waals surface area contributed by atoms with Crippen LogP contribution >= 0.6 is 0 Å². The van der Waals surface area contributed by atoms with Gasteiger partial charge in [-0.2, -0.15) is 0 Å². The highest BCUT2D eigenvalue weighted by Gasteiger charge is 2.22. The minimum Gasteiger partial charge on any atom is -0.872 e. The number of aromatic carboxylic acids is 2. The standard InChI is InChI=1S/C21H12O7/c22-11-2-5-14-17(8-11)28-18-9-12(23)3-6-15(18)19(14)13-4-1-10(20(24)25)7-16(13)21(26)27/h1-9,22H,(H,24,25)(H,26,27)/p-1. The molecular formula is C21H11O7-. The minimum atomic E-state index is -1.30. The number of carboxylic acid groups (broad SMARTS) is 2. The topological polar surface area (TPSA) is 128 Å². The number of carboxylic acids is 2. The van der Waals surface area contributed by atoms with Crippen molar-refractivity contribution >= 4 is 22.9 Å². The Kier molecular flexibility index (Phi) is 3.85. The fourth-order valence-corrected chi connectivity index (χ4v) is 3.21. The Labute approximate surface area is 157 Å². The summed E-state index contributed by atoms with van der Waals surface area (Å²) < 4.78 is 5.69. The molecule has 28 heavy (non-hydrogen) atoms. The summed E-state index contributed by atoms with van der Waals surface area (Å²) >= 11 is 0. The molecule has 4 rings (SSSR count). The molecule has 0 saturated heterocycles. The lowest BCUT2D eigenvalue weighted by Crippen LogP contribution is -2.06. The van der Waals surface area contributed by atoms with Crippen molar-refractivity contribution in [3.8, 4) is 28.2 Å². The monoisotopic (exact) mass is 375 g/mol. The van der Waals surface area contributed by atoms with Gasteiger partial charge in [-0.1, -0.05) is 18.2 Å². The number of hydrogen-bond donors (Lipinski definition) is 2. The maximum absolute atomic E-state index is 11.8. The van der Waals surface area contributed by atoms with Crippen molar-refractivity contribution < 1.29 is 29.3 Å². The van der Waals surface area contributed by atoms with E-state index in [-0.39, 0.29) is 39.2 Å². The number of fused-ring (bicyclic) bond motifs is 2. The van der Waals surface area contributed by atoms with Crippen molar-refractivity contribution in [1.29, 1.82) is 0 Å². The van der Waals surface area contributed by atoms with Gasteiger partial charge in [0.2, 0.25) is 0 Å². The van der Waals surface area contributed by atoms with E-state index in [1.165, 1.54) is 48.5 Å². The molecule has 0 fully saturated rings. The Hall–Kier alpha value is -4.13. The Morgan fingerprint density at radius 2 is 1.61 bits per heavy atom. The summed E-state index contributed by atoms with van der Waals surface area (Å²) in [6, 6.07) is 11.9. The van der Waals surface area contributed by atoms with E-state index in [0.29, 0.717) is 16.5 Å². The van der Waals surface area contributed by atoms with Crippen LogP contribution in [0.1, 0.15) is 20.7 Å². The van der Waals surface area contributed by atoms with Crippen molar-refractivity contribution in [3.63, 3.8) is 0 Å². The van der Waals surface area contributed by atoms with Gasteiger partial charge in [-0.25, -0.2) is 9.59 Å². The lowest BCUT2D eigenvalue weighted by molar-refractivity contribution is -0.268. The second kappa shape index (κ2) is 6.24. The number of benzene rings is 3. The van der Waals surface area contributed by atoms with Crippen LogP contribution in [0.25, 0.3) is 33.4 Å². The predicted molar refractivity (Wildman–Crippen MR) is 97.9 cm³/mol. The molecule has 0 radical (unpaired) electrons. The summed E-state index contributed by atoms with van der Waals surface area (Å²) in [7, 11) is 0. The zero-order chi connectivity index (χ0) is 20.0. The molecule has 2 aromatic carbocycles. The van der Waals surface area contributed by atoms with E-state index in [9.17, 15) is 29.7 Å². The molecule has 0 saturated carbocycles. The second-order valence-electron chi connectivity index (χ2n) is 6.16. The summed E-state index contributed by atoms with van der Waals surface area (Å²) in [5.41, 5.74) is 0.659. The summed E-state index contributed by atoms with van der Waals surface area (Å²) in [5.74, 6) is -2.67. The first kappa shape index (κ1) is 17.3. The van der Waals surface area contributed by atoms with Crippen LogP contribution in [-0.2, 0) is 0 Å². The van der Waals surface area contributed by atoms with Gasteiger partial charge in [0.15, 0.2) is 5.43 Å². The average molecular weight is 375 g/mol. The molecule has 7 nitrogen and oxygen atoms in total. The van der Waals surface area contributed by atoms with Gasteiger partial charge in [0.25, 0.3) is 0 Å². The molecule has 1 aliphatic carbocycles. The van der Waals surface area contributed by atoms with Crippen LogP contribution in [0.15, 0.2) is 63.8 Å². The number of carbonyl (C=O) groups is 2. The first-order valence-corrected chi connectivity index (χ1v) is 8.14. The van der Waals surface area contributed by atoms with Gasteiger partial charge < -0.3 is 19.7 Å². The summed E-state index contributed by atoms with van der Waals surface area (Å²) in [6.45, 7) is 0. The molecule has 7 heteroatoms. The van der Waals surface area contributed by atoms with E-state index >= 15 is 0 Å². The highest BCUT2D eigenvalue weighted by molar-refractivity contribution is 6.08. The fraction of sp³-hybridized carbons (Fsp3) is 0. The SMILES string of the molecule is O=C(O)c1ccc(-c2c3ccc(=O)cc-3oc3cc([O-])ccc23)c(C(=O)O)c1. The van der Waals surface area contributed by atoms with Crippen molar-refractivity contribution in [1.82, 2.24) is 0 Å². The lowest BCUT2D eigenvalue weighted by Gasteiger charge is -2.18. The predicted octanol–water partition coefficient (Wildman–Crippen LogP) is 3.03. The molecule has 0 unspecified atom stereocenters. The van der Waals surface area contributed by atoms with Gasteiger partial charge in [0, 0.05) is 22.6 Å². The fourth-order valence-electron chi connectivity index (χ4n) is 3.21. The second-order valence-corrected chi connectivity index (χ2v) is 6.16. The lowest BCUT2D eigenvalue weighted by atomic mass is 9.90. The molecule has 0 spiro atoms. The summed E-state index contributed by atoms with van der Waals surface area (Å²) in [4.78, 5) is 34.8. The largest absolute Gasteiger partial charge is 0.872 e. The van der Waals surface area contributed by atoms with Gasteiger partial charge >= 0.3 is 11.9 Å².